The molecule has 1 N–H and O–H groups in total. The smallest absolute Gasteiger partial charge is 0.286 e. The van der Waals surface area contributed by atoms with Crippen molar-refractivity contribution in [3.05, 3.63) is 46.7 Å². The van der Waals surface area contributed by atoms with Crippen molar-refractivity contribution in [3.8, 4) is 0 Å². The lowest BCUT2D eigenvalue weighted by atomic mass is 10.2. The Morgan fingerprint density at radius 3 is 2.96 bits per heavy atom. The largest absolute Gasteiger partial charge is 0.341 e. The second kappa shape index (κ2) is 5.74. The first-order valence-corrected chi connectivity index (χ1v) is 9.93. The number of benzene rings is 1. The summed E-state index contributed by atoms with van der Waals surface area (Å²) in [5.74, 6) is 0.507. The van der Waals surface area contributed by atoms with Crippen molar-refractivity contribution in [1.82, 2.24) is 4.90 Å². The number of nitrogens with zero attached hydrogens (tertiary/aromatic N) is 2. The highest BCUT2D eigenvalue weighted by atomic mass is 32.2. The molecule has 3 heterocycles. The Bertz CT molecular complexity index is 844. The summed E-state index contributed by atoms with van der Waals surface area (Å²) in [6.07, 6.45) is 2.23. The van der Waals surface area contributed by atoms with E-state index < -0.39 is 10.0 Å². The molecule has 120 valence electrons. The SMILES string of the molecule is O=S1(=O)N=C(CN2CCCC2c2cccs2)Nc2ccccc21. The van der Waals surface area contributed by atoms with Crippen LogP contribution >= 0.6 is 11.3 Å². The lowest BCUT2D eigenvalue weighted by Crippen LogP contribution is -2.35. The van der Waals surface area contributed by atoms with Crippen LogP contribution in [0.2, 0.25) is 0 Å². The van der Waals surface area contributed by atoms with E-state index in [1.54, 1.807) is 29.5 Å². The molecule has 1 fully saturated rings. The molecule has 1 aromatic heterocycles. The standard InChI is InChI=1S/C16H17N3O2S2/c20-23(21)15-8-2-1-5-12(15)17-16(18-23)11-19-9-3-6-13(19)14-7-4-10-22-14/h1-2,4-5,7-8,10,13H,3,6,9,11H2,(H,17,18). The van der Waals surface area contributed by atoms with E-state index in [0.29, 0.717) is 24.1 Å². The van der Waals surface area contributed by atoms with Gasteiger partial charge in [0.1, 0.15) is 10.7 Å². The second-order valence-corrected chi connectivity index (χ2v) is 8.33. The number of anilines is 1. The third kappa shape index (κ3) is 2.80. The number of rotatable bonds is 3. The number of nitrogens with one attached hydrogen (secondary N) is 1. The van der Waals surface area contributed by atoms with Crippen LogP contribution in [-0.2, 0) is 10.0 Å². The Hall–Kier alpha value is -1.70. The van der Waals surface area contributed by atoms with Gasteiger partial charge in [0, 0.05) is 10.9 Å². The highest BCUT2D eigenvalue weighted by molar-refractivity contribution is 7.90. The van der Waals surface area contributed by atoms with Gasteiger partial charge in [-0.2, -0.15) is 8.42 Å². The van der Waals surface area contributed by atoms with Crippen molar-refractivity contribution in [2.24, 2.45) is 4.40 Å². The number of hydrogen-bond acceptors (Lipinski definition) is 5. The molecule has 1 saturated heterocycles. The maximum Gasteiger partial charge on any atom is 0.286 e. The van der Waals surface area contributed by atoms with Crippen LogP contribution in [0.15, 0.2) is 51.1 Å². The topological polar surface area (TPSA) is 61.8 Å². The molecule has 2 aromatic rings. The van der Waals surface area contributed by atoms with Crippen LogP contribution in [0, 0.1) is 0 Å². The van der Waals surface area contributed by atoms with Crippen molar-refractivity contribution in [2.75, 3.05) is 18.4 Å². The number of thiophene rings is 1. The molecule has 23 heavy (non-hydrogen) atoms. The summed E-state index contributed by atoms with van der Waals surface area (Å²) < 4.78 is 28.6. The number of hydrogen-bond donors (Lipinski definition) is 1. The fraction of sp³-hybridized carbons (Fsp3) is 0.312. The normalized spacial score (nSPS) is 23.1. The van der Waals surface area contributed by atoms with Crippen molar-refractivity contribution < 1.29 is 8.42 Å². The maximum atomic E-state index is 12.3. The van der Waals surface area contributed by atoms with Crippen molar-refractivity contribution >= 4 is 32.9 Å². The molecule has 0 aliphatic carbocycles. The highest BCUT2D eigenvalue weighted by Gasteiger charge is 2.30. The van der Waals surface area contributed by atoms with Gasteiger partial charge in [0.05, 0.1) is 12.2 Å². The van der Waals surface area contributed by atoms with Crippen molar-refractivity contribution in [3.63, 3.8) is 0 Å². The predicted molar refractivity (Wildman–Crippen MR) is 92.6 cm³/mol. The number of likely N-dealkylation sites (tertiary alicyclic amines) is 1. The maximum absolute atomic E-state index is 12.3. The molecule has 5 nitrogen and oxygen atoms in total. The minimum Gasteiger partial charge on any atom is -0.341 e. The lowest BCUT2D eigenvalue weighted by molar-refractivity contribution is 0.298. The van der Waals surface area contributed by atoms with E-state index in [2.05, 4.69) is 32.1 Å². The summed E-state index contributed by atoms with van der Waals surface area (Å²) in [5, 5.41) is 5.26. The lowest BCUT2D eigenvalue weighted by Gasteiger charge is -2.26. The van der Waals surface area contributed by atoms with Crippen LogP contribution in [0.5, 0.6) is 0 Å². The first kappa shape index (κ1) is 14.9. The van der Waals surface area contributed by atoms with Crippen LogP contribution in [0.3, 0.4) is 0 Å². The first-order chi connectivity index (χ1) is 11.1. The number of amidine groups is 1. The summed E-state index contributed by atoms with van der Waals surface area (Å²) in [6.45, 7) is 1.49. The summed E-state index contributed by atoms with van der Waals surface area (Å²) in [4.78, 5) is 3.89. The number of sulfonamides is 1. The average molecular weight is 347 g/mol. The van der Waals surface area contributed by atoms with E-state index in [1.807, 2.05) is 6.07 Å². The molecule has 2 aliphatic heterocycles. The van der Waals surface area contributed by atoms with Gasteiger partial charge in [-0.15, -0.1) is 15.7 Å². The zero-order valence-corrected chi connectivity index (χ0v) is 14.1. The van der Waals surface area contributed by atoms with Gasteiger partial charge in [-0.3, -0.25) is 4.90 Å². The Morgan fingerprint density at radius 2 is 2.13 bits per heavy atom. The Labute approximate surface area is 139 Å². The zero-order chi connectivity index (χ0) is 15.9. The van der Waals surface area contributed by atoms with E-state index in [-0.39, 0.29) is 4.90 Å². The molecule has 0 radical (unpaired) electrons. The van der Waals surface area contributed by atoms with Gasteiger partial charge in [-0.05, 0) is 43.0 Å². The van der Waals surface area contributed by atoms with Gasteiger partial charge in [-0.1, -0.05) is 18.2 Å². The van der Waals surface area contributed by atoms with E-state index in [9.17, 15) is 8.42 Å². The first-order valence-electron chi connectivity index (χ1n) is 7.61. The van der Waals surface area contributed by atoms with Gasteiger partial charge >= 0.3 is 0 Å². The number of fused-ring (bicyclic) bond motifs is 1. The van der Waals surface area contributed by atoms with Crippen LogP contribution in [0.4, 0.5) is 5.69 Å². The zero-order valence-electron chi connectivity index (χ0n) is 12.5. The fourth-order valence-electron chi connectivity index (χ4n) is 3.25. The second-order valence-electron chi connectivity index (χ2n) is 5.78. The molecule has 1 aromatic carbocycles. The molecule has 1 atom stereocenters. The molecule has 0 spiro atoms. The van der Waals surface area contributed by atoms with Crippen LogP contribution in [0.25, 0.3) is 0 Å². The molecular formula is C16H17N3O2S2. The van der Waals surface area contributed by atoms with Crippen molar-refractivity contribution in [1.29, 1.82) is 0 Å². The van der Waals surface area contributed by atoms with E-state index >= 15 is 0 Å². The molecule has 4 rings (SSSR count). The van der Waals surface area contributed by atoms with Crippen molar-refractivity contribution in [2.45, 2.75) is 23.8 Å². The van der Waals surface area contributed by atoms with E-state index in [0.717, 1.165) is 19.4 Å². The van der Waals surface area contributed by atoms with Crippen LogP contribution < -0.4 is 5.32 Å². The van der Waals surface area contributed by atoms with Gasteiger partial charge in [0.25, 0.3) is 10.0 Å². The molecule has 0 bridgehead atoms. The predicted octanol–water partition coefficient (Wildman–Crippen LogP) is 3.10. The highest BCUT2D eigenvalue weighted by Crippen LogP contribution is 2.35. The Morgan fingerprint density at radius 1 is 1.26 bits per heavy atom. The average Bonchev–Trinajstić information content (AvgIpc) is 3.17. The minimum absolute atomic E-state index is 0.250. The molecule has 0 saturated carbocycles. The summed E-state index contributed by atoms with van der Waals surface area (Å²) in [7, 11) is -3.60. The minimum atomic E-state index is -3.60. The number of para-hydroxylation sites is 1. The molecule has 2 aliphatic rings. The molecular weight excluding hydrogens is 330 g/mol. The van der Waals surface area contributed by atoms with Gasteiger partial charge in [-0.25, -0.2) is 0 Å². The molecule has 1 unspecified atom stereocenters. The molecule has 0 amide bonds. The van der Waals surface area contributed by atoms with Crippen LogP contribution in [0.1, 0.15) is 23.8 Å². The third-order valence-electron chi connectivity index (χ3n) is 4.26. The van der Waals surface area contributed by atoms with Gasteiger partial charge in [0.2, 0.25) is 0 Å². The summed E-state index contributed by atoms with van der Waals surface area (Å²) >= 11 is 1.75. The Kier molecular flexibility index (Phi) is 3.71. The third-order valence-corrected chi connectivity index (χ3v) is 6.61. The Balaban J connectivity index is 1.59. The molecule has 7 heteroatoms. The quantitative estimate of drug-likeness (QED) is 0.927. The van der Waals surface area contributed by atoms with Crippen LogP contribution in [-0.4, -0.2) is 32.2 Å². The summed E-state index contributed by atoms with van der Waals surface area (Å²) in [6, 6.07) is 11.5. The summed E-state index contributed by atoms with van der Waals surface area (Å²) in [5.41, 5.74) is 0.615. The van der Waals surface area contributed by atoms with E-state index in [4.69, 9.17) is 0 Å². The fourth-order valence-corrected chi connectivity index (χ4v) is 5.28. The van der Waals surface area contributed by atoms with Gasteiger partial charge in [0.15, 0.2) is 0 Å². The van der Waals surface area contributed by atoms with Gasteiger partial charge < -0.3 is 5.32 Å². The monoisotopic (exact) mass is 347 g/mol. The van der Waals surface area contributed by atoms with E-state index in [1.165, 1.54) is 4.88 Å².